The molecule has 0 aliphatic rings. The Kier molecular flexibility index (Phi) is 6.61. The molecule has 0 N–H and O–H groups in total. The molecule has 10 heteroatoms. The fraction of sp³-hybridized carbons (Fsp3) is 0.318. The van der Waals surface area contributed by atoms with E-state index in [0.717, 1.165) is 30.5 Å². The first kappa shape index (κ1) is 22.5. The molecule has 4 aromatic rings. The molecule has 0 spiro atoms. The first-order valence-electron chi connectivity index (χ1n) is 10.4. The van der Waals surface area contributed by atoms with E-state index in [1.54, 1.807) is 10.6 Å². The number of aromatic nitrogens is 4. The second kappa shape index (κ2) is 9.41. The molecule has 0 aliphatic heterocycles. The topological polar surface area (TPSA) is 86.3 Å². The summed E-state index contributed by atoms with van der Waals surface area (Å²) >= 11 is 1.40. The standard InChI is InChI=1S/C22H23FN4O3S2/c1-2-3-13-26-20(28)18-7-4-5-8-19(18)27-21(26)24-25-22(27)31-14-6-15-32(29,30)17-11-9-16(23)10-12-17/h4-5,7-12H,2-3,6,13-15H2,1H3. The highest BCUT2D eigenvalue weighted by atomic mass is 32.2. The van der Waals surface area contributed by atoms with Crippen molar-refractivity contribution >= 4 is 38.3 Å². The van der Waals surface area contributed by atoms with Crippen LogP contribution in [0.2, 0.25) is 0 Å². The lowest BCUT2D eigenvalue weighted by Gasteiger charge is -2.10. The minimum absolute atomic E-state index is 0.0513. The van der Waals surface area contributed by atoms with Gasteiger partial charge in [0.1, 0.15) is 5.82 Å². The van der Waals surface area contributed by atoms with Crippen molar-refractivity contribution in [3.8, 4) is 0 Å². The first-order valence-corrected chi connectivity index (χ1v) is 13.0. The van der Waals surface area contributed by atoms with Gasteiger partial charge in [0.15, 0.2) is 15.0 Å². The lowest BCUT2D eigenvalue weighted by atomic mass is 10.2. The van der Waals surface area contributed by atoms with Crippen LogP contribution in [0.25, 0.3) is 16.7 Å². The Balaban J connectivity index is 1.57. The smallest absolute Gasteiger partial charge is 0.262 e. The molecule has 0 fully saturated rings. The van der Waals surface area contributed by atoms with Crippen LogP contribution in [0.4, 0.5) is 4.39 Å². The van der Waals surface area contributed by atoms with Gasteiger partial charge in [0, 0.05) is 12.3 Å². The zero-order valence-electron chi connectivity index (χ0n) is 17.6. The lowest BCUT2D eigenvalue weighted by molar-refractivity contribution is 0.593. The number of hydrogen-bond donors (Lipinski definition) is 0. The summed E-state index contributed by atoms with van der Waals surface area (Å²) < 4.78 is 41.5. The lowest BCUT2D eigenvalue weighted by Crippen LogP contribution is -2.23. The van der Waals surface area contributed by atoms with Crippen molar-refractivity contribution in [2.75, 3.05) is 11.5 Å². The number of hydrogen-bond acceptors (Lipinski definition) is 6. The summed E-state index contributed by atoms with van der Waals surface area (Å²) in [4.78, 5) is 13.1. The maximum atomic E-state index is 13.1. The molecular weight excluding hydrogens is 451 g/mol. The van der Waals surface area contributed by atoms with Crippen LogP contribution in [-0.2, 0) is 16.4 Å². The Morgan fingerprint density at radius 2 is 1.78 bits per heavy atom. The fourth-order valence-electron chi connectivity index (χ4n) is 3.52. The quantitative estimate of drug-likeness (QED) is 0.208. The minimum atomic E-state index is -3.49. The number of halogens is 1. The Bertz CT molecular complexity index is 1410. The maximum Gasteiger partial charge on any atom is 0.262 e. The Morgan fingerprint density at radius 1 is 1.03 bits per heavy atom. The summed E-state index contributed by atoms with van der Waals surface area (Å²) in [7, 11) is -3.49. The van der Waals surface area contributed by atoms with Crippen LogP contribution >= 0.6 is 11.8 Å². The van der Waals surface area contributed by atoms with E-state index < -0.39 is 15.7 Å². The second-order valence-electron chi connectivity index (χ2n) is 7.42. The predicted molar refractivity (Wildman–Crippen MR) is 123 cm³/mol. The van der Waals surface area contributed by atoms with Crippen LogP contribution in [0.5, 0.6) is 0 Å². The SMILES string of the molecule is CCCCn1c(=O)c2ccccc2n2c(SCCCS(=O)(=O)c3ccc(F)cc3)nnc12. The van der Waals surface area contributed by atoms with Crippen molar-refractivity contribution in [2.24, 2.45) is 0 Å². The van der Waals surface area contributed by atoms with E-state index >= 15 is 0 Å². The molecule has 0 atom stereocenters. The number of sulfone groups is 1. The molecule has 32 heavy (non-hydrogen) atoms. The summed E-state index contributed by atoms with van der Waals surface area (Å²) in [6.07, 6.45) is 2.20. The molecule has 168 valence electrons. The first-order chi connectivity index (χ1) is 15.4. The normalized spacial score (nSPS) is 12.1. The second-order valence-corrected chi connectivity index (χ2v) is 10.6. The van der Waals surface area contributed by atoms with E-state index in [2.05, 4.69) is 17.1 Å². The average Bonchev–Trinajstić information content (AvgIpc) is 3.21. The van der Waals surface area contributed by atoms with Gasteiger partial charge in [0.05, 0.1) is 21.6 Å². The van der Waals surface area contributed by atoms with E-state index in [0.29, 0.717) is 35.0 Å². The minimum Gasteiger partial charge on any atom is -0.276 e. The van der Waals surface area contributed by atoms with Crippen LogP contribution in [0, 0.1) is 5.82 Å². The molecule has 0 saturated heterocycles. The molecule has 0 bridgehead atoms. The highest BCUT2D eigenvalue weighted by Gasteiger charge is 2.18. The van der Waals surface area contributed by atoms with Gasteiger partial charge in [-0.1, -0.05) is 37.2 Å². The number of aryl methyl sites for hydroxylation is 1. The molecule has 2 aromatic heterocycles. The summed E-state index contributed by atoms with van der Waals surface area (Å²) in [5, 5.41) is 9.76. The number of nitrogens with zero attached hydrogens (tertiary/aromatic N) is 4. The summed E-state index contributed by atoms with van der Waals surface area (Å²) in [5.74, 6) is 0.472. The van der Waals surface area contributed by atoms with Gasteiger partial charge in [0.2, 0.25) is 5.78 Å². The molecule has 0 radical (unpaired) electrons. The summed E-state index contributed by atoms with van der Waals surface area (Å²) in [5.41, 5.74) is 0.641. The van der Waals surface area contributed by atoms with E-state index in [-0.39, 0.29) is 16.2 Å². The Hall–Kier alpha value is -2.72. The van der Waals surface area contributed by atoms with Crippen LogP contribution in [0.3, 0.4) is 0 Å². The molecular formula is C22H23FN4O3S2. The van der Waals surface area contributed by atoms with E-state index in [1.807, 2.05) is 22.6 Å². The number of para-hydroxylation sites is 1. The fourth-order valence-corrected chi connectivity index (χ4v) is 5.89. The van der Waals surface area contributed by atoms with Crippen molar-refractivity contribution in [3.63, 3.8) is 0 Å². The van der Waals surface area contributed by atoms with E-state index in [4.69, 9.17) is 0 Å². The van der Waals surface area contributed by atoms with Gasteiger partial charge < -0.3 is 0 Å². The molecule has 0 aliphatic carbocycles. The summed E-state index contributed by atoms with van der Waals surface area (Å²) in [6.45, 7) is 2.62. The van der Waals surface area contributed by atoms with Gasteiger partial charge in [0.25, 0.3) is 5.56 Å². The van der Waals surface area contributed by atoms with Gasteiger partial charge in [-0.05, 0) is 49.2 Å². The average molecular weight is 475 g/mol. The zero-order valence-corrected chi connectivity index (χ0v) is 19.2. The molecule has 0 saturated carbocycles. The molecule has 0 amide bonds. The van der Waals surface area contributed by atoms with Crippen molar-refractivity contribution in [1.82, 2.24) is 19.2 Å². The molecule has 7 nitrogen and oxygen atoms in total. The van der Waals surface area contributed by atoms with Crippen LogP contribution < -0.4 is 5.56 Å². The van der Waals surface area contributed by atoms with Crippen molar-refractivity contribution in [3.05, 3.63) is 64.7 Å². The number of rotatable bonds is 9. The number of unbranched alkanes of at least 4 members (excludes halogenated alkanes) is 1. The van der Waals surface area contributed by atoms with Crippen LogP contribution in [0.15, 0.2) is 63.4 Å². The third-order valence-corrected chi connectivity index (χ3v) is 8.01. The van der Waals surface area contributed by atoms with Crippen molar-refractivity contribution in [2.45, 2.75) is 42.8 Å². The number of thioether (sulfide) groups is 1. The van der Waals surface area contributed by atoms with Gasteiger partial charge in [-0.3, -0.25) is 13.8 Å². The molecule has 4 rings (SSSR count). The summed E-state index contributed by atoms with van der Waals surface area (Å²) in [6, 6.07) is 12.2. The van der Waals surface area contributed by atoms with E-state index in [9.17, 15) is 17.6 Å². The monoisotopic (exact) mass is 474 g/mol. The third kappa shape index (κ3) is 4.42. The van der Waals surface area contributed by atoms with Gasteiger partial charge >= 0.3 is 0 Å². The largest absolute Gasteiger partial charge is 0.276 e. The zero-order chi connectivity index (χ0) is 22.7. The third-order valence-electron chi connectivity index (χ3n) is 5.17. The molecule has 2 heterocycles. The predicted octanol–water partition coefficient (Wildman–Crippen LogP) is 3.94. The highest BCUT2D eigenvalue weighted by molar-refractivity contribution is 7.99. The number of benzene rings is 2. The van der Waals surface area contributed by atoms with Crippen molar-refractivity contribution < 1.29 is 12.8 Å². The van der Waals surface area contributed by atoms with Gasteiger partial charge in [-0.15, -0.1) is 10.2 Å². The molecule has 0 unspecified atom stereocenters. The Labute approximate surface area is 189 Å². The van der Waals surface area contributed by atoms with Gasteiger partial charge in [-0.25, -0.2) is 12.8 Å². The Morgan fingerprint density at radius 3 is 2.53 bits per heavy atom. The van der Waals surface area contributed by atoms with E-state index in [1.165, 1.54) is 23.9 Å². The molecule has 2 aromatic carbocycles. The van der Waals surface area contributed by atoms with Crippen molar-refractivity contribution in [1.29, 1.82) is 0 Å². The van der Waals surface area contributed by atoms with Crippen LogP contribution in [0.1, 0.15) is 26.2 Å². The maximum absolute atomic E-state index is 13.1. The van der Waals surface area contributed by atoms with Gasteiger partial charge in [-0.2, -0.15) is 0 Å². The van der Waals surface area contributed by atoms with Crippen LogP contribution in [-0.4, -0.2) is 39.1 Å². The highest BCUT2D eigenvalue weighted by Crippen LogP contribution is 2.23. The number of fused-ring (bicyclic) bond motifs is 3.